The molecular formula is C17H21N3. The molecule has 0 amide bonds. The quantitative estimate of drug-likeness (QED) is 0.921. The maximum absolute atomic E-state index is 4.71. The van der Waals surface area contributed by atoms with Crippen LogP contribution in [0, 0.1) is 6.92 Å². The number of hydrogen-bond acceptors (Lipinski definition) is 3. The lowest BCUT2D eigenvalue weighted by Gasteiger charge is -2.11. The second-order valence-electron chi connectivity index (χ2n) is 5.55. The summed E-state index contributed by atoms with van der Waals surface area (Å²) in [6, 6.07) is 10.7. The van der Waals surface area contributed by atoms with Crippen LogP contribution in [-0.2, 0) is 12.8 Å². The van der Waals surface area contributed by atoms with E-state index >= 15 is 0 Å². The van der Waals surface area contributed by atoms with Crippen molar-refractivity contribution in [1.29, 1.82) is 0 Å². The molecule has 104 valence electrons. The summed E-state index contributed by atoms with van der Waals surface area (Å²) in [7, 11) is 0. The lowest BCUT2D eigenvalue weighted by molar-refractivity contribution is 0.678. The zero-order valence-corrected chi connectivity index (χ0v) is 12.2. The monoisotopic (exact) mass is 267 g/mol. The van der Waals surface area contributed by atoms with Gasteiger partial charge >= 0.3 is 0 Å². The van der Waals surface area contributed by atoms with Crippen molar-refractivity contribution >= 4 is 5.82 Å². The molecule has 0 bridgehead atoms. The predicted octanol–water partition coefficient (Wildman–Crippen LogP) is 3.49. The molecule has 3 heteroatoms. The Bertz CT molecular complexity index is 582. The minimum Gasteiger partial charge on any atom is -0.370 e. The van der Waals surface area contributed by atoms with E-state index in [2.05, 4.69) is 41.5 Å². The highest BCUT2D eigenvalue weighted by molar-refractivity contribution is 5.39. The van der Waals surface area contributed by atoms with Crippen LogP contribution in [0.5, 0.6) is 0 Å². The Morgan fingerprint density at radius 3 is 2.50 bits per heavy atom. The third-order valence-electron chi connectivity index (χ3n) is 3.84. The number of rotatable bonds is 4. The van der Waals surface area contributed by atoms with Crippen molar-refractivity contribution in [3.8, 4) is 0 Å². The molecule has 0 aliphatic heterocycles. The number of aryl methyl sites for hydroxylation is 1. The molecule has 0 saturated heterocycles. The van der Waals surface area contributed by atoms with E-state index in [-0.39, 0.29) is 0 Å². The molecule has 1 N–H and O–H groups in total. The summed E-state index contributed by atoms with van der Waals surface area (Å²) in [5.41, 5.74) is 3.95. The number of anilines is 1. The molecule has 0 unspecified atom stereocenters. The van der Waals surface area contributed by atoms with Crippen molar-refractivity contribution in [2.75, 3.05) is 11.9 Å². The van der Waals surface area contributed by atoms with E-state index in [1.54, 1.807) is 0 Å². The van der Waals surface area contributed by atoms with Crippen LogP contribution in [0.25, 0.3) is 0 Å². The summed E-state index contributed by atoms with van der Waals surface area (Å²) >= 11 is 0. The van der Waals surface area contributed by atoms with E-state index in [1.165, 1.54) is 11.1 Å². The van der Waals surface area contributed by atoms with Crippen molar-refractivity contribution in [3.63, 3.8) is 0 Å². The third-order valence-corrected chi connectivity index (χ3v) is 3.84. The van der Waals surface area contributed by atoms with Gasteiger partial charge in [-0.1, -0.05) is 31.2 Å². The van der Waals surface area contributed by atoms with Crippen LogP contribution >= 0.6 is 0 Å². The molecule has 2 aromatic rings. The second kappa shape index (κ2) is 5.61. The molecule has 20 heavy (non-hydrogen) atoms. The van der Waals surface area contributed by atoms with Crippen molar-refractivity contribution in [1.82, 2.24) is 9.97 Å². The predicted molar refractivity (Wildman–Crippen MR) is 82.1 cm³/mol. The van der Waals surface area contributed by atoms with Gasteiger partial charge in [-0.15, -0.1) is 0 Å². The third kappa shape index (κ3) is 2.67. The van der Waals surface area contributed by atoms with Crippen LogP contribution in [0.4, 0.5) is 5.82 Å². The highest BCUT2D eigenvalue weighted by Gasteiger charge is 2.25. The van der Waals surface area contributed by atoms with Crippen LogP contribution < -0.4 is 5.32 Å². The molecule has 1 aromatic carbocycles. The van der Waals surface area contributed by atoms with Crippen LogP contribution in [0.3, 0.4) is 0 Å². The molecule has 3 rings (SSSR count). The highest BCUT2D eigenvalue weighted by atomic mass is 15.0. The first-order valence-electron chi connectivity index (χ1n) is 7.42. The maximum Gasteiger partial charge on any atom is 0.134 e. The first kappa shape index (κ1) is 13.1. The van der Waals surface area contributed by atoms with Gasteiger partial charge in [-0.25, -0.2) is 9.97 Å². The number of fused-ring (bicyclic) bond motifs is 1. The topological polar surface area (TPSA) is 37.8 Å². The summed E-state index contributed by atoms with van der Waals surface area (Å²) in [5, 5.41) is 3.37. The van der Waals surface area contributed by atoms with Gasteiger partial charge in [-0.2, -0.15) is 0 Å². The zero-order valence-electron chi connectivity index (χ0n) is 12.2. The van der Waals surface area contributed by atoms with Gasteiger partial charge in [0.05, 0.1) is 0 Å². The molecule has 0 atom stereocenters. The van der Waals surface area contributed by atoms with E-state index < -0.39 is 0 Å². The van der Waals surface area contributed by atoms with Gasteiger partial charge < -0.3 is 5.32 Å². The summed E-state index contributed by atoms with van der Waals surface area (Å²) in [5.74, 6) is 2.37. The minimum atomic E-state index is 0.425. The summed E-state index contributed by atoms with van der Waals surface area (Å²) in [6.45, 7) is 5.17. The van der Waals surface area contributed by atoms with Gasteiger partial charge in [-0.05, 0) is 37.3 Å². The Balaban J connectivity index is 1.83. The van der Waals surface area contributed by atoms with Crippen molar-refractivity contribution in [2.45, 2.75) is 39.0 Å². The minimum absolute atomic E-state index is 0.425. The molecule has 1 heterocycles. The number of nitrogens with one attached hydrogen (secondary N) is 1. The van der Waals surface area contributed by atoms with Crippen molar-refractivity contribution in [2.24, 2.45) is 0 Å². The zero-order chi connectivity index (χ0) is 13.9. The standard InChI is InChI=1S/C17H21N3/c1-3-8-18-16-9-12(2)19-17(20-16)15-10-13-6-4-5-7-14(13)11-15/h4-7,9,15H,3,8,10-11H2,1-2H3,(H,18,19,20). The largest absolute Gasteiger partial charge is 0.370 e. The lowest BCUT2D eigenvalue weighted by Crippen LogP contribution is -2.10. The fraction of sp³-hybridized carbons (Fsp3) is 0.412. The first-order valence-corrected chi connectivity index (χ1v) is 7.42. The molecule has 3 nitrogen and oxygen atoms in total. The van der Waals surface area contributed by atoms with Gasteiger partial charge in [0.2, 0.25) is 0 Å². The number of aromatic nitrogens is 2. The van der Waals surface area contributed by atoms with Crippen LogP contribution in [0.2, 0.25) is 0 Å². The van der Waals surface area contributed by atoms with Gasteiger partial charge in [0.1, 0.15) is 11.6 Å². The number of benzene rings is 1. The van der Waals surface area contributed by atoms with Crippen LogP contribution in [0.15, 0.2) is 30.3 Å². The molecule has 0 fully saturated rings. The molecule has 1 aromatic heterocycles. The van der Waals surface area contributed by atoms with E-state index in [4.69, 9.17) is 4.98 Å². The van der Waals surface area contributed by atoms with Crippen molar-refractivity contribution < 1.29 is 0 Å². The Labute approximate surface area is 120 Å². The Morgan fingerprint density at radius 2 is 1.85 bits per heavy atom. The maximum atomic E-state index is 4.71. The van der Waals surface area contributed by atoms with E-state index in [0.29, 0.717) is 5.92 Å². The fourth-order valence-electron chi connectivity index (χ4n) is 2.86. The summed E-state index contributed by atoms with van der Waals surface area (Å²) < 4.78 is 0. The lowest BCUT2D eigenvalue weighted by atomic mass is 10.1. The van der Waals surface area contributed by atoms with Gasteiger partial charge in [-0.3, -0.25) is 0 Å². The van der Waals surface area contributed by atoms with Gasteiger partial charge in [0.25, 0.3) is 0 Å². The molecule has 0 saturated carbocycles. The van der Waals surface area contributed by atoms with E-state index in [9.17, 15) is 0 Å². The van der Waals surface area contributed by atoms with E-state index in [0.717, 1.165) is 43.1 Å². The molecule has 0 spiro atoms. The van der Waals surface area contributed by atoms with Gasteiger partial charge in [0.15, 0.2) is 0 Å². The molecule has 0 radical (unpaired) electrons. The number of hydrogen-bond donors (Lipinski definition) is 1. The molecule has 1 aliphatic rings. The van der Waals surface area contributed by atoms with Crippen molar-refractivity contribution in [3.05, 3.63) is 53.0 Å². The SMILES string of the molecule is CCCNc1cc(C)nc(C2Cc3ccccc3C2)n1. The Hall–Kier alpha value is -1.90. The summed E-state index contributed by atoms with van der Waals surface area (Å²) in [4.78, 5) is 9.37. The first-order chi connectivity index (χ1) is 9.76. The second-order valence-corrected chi connectivity index (χ2v) is 5.55. The average Bonchev–Trinajstić information content (AvgIpc) is 2.88. The molecular weight excluding hydrogens is 246 g/mol. The Morgan fingerprint density at radius 1 is 1.15 bits per heavy atom. The fourth-order valence-corrected chi connectivity index (χ4v) is 2.86. The average molecular weight is 267 g/mol. The van der Waals surface area contributed by atoms with Crippen LogP contribution in [0.1, 0.15) is 41.9 Å². The Kier molecular flexibility index (Phi) is 3.68. The van der Waals surface area contributed by atoms with E-state index in [1.807, 2.05) is 13.0 Å². The summed E-state index contributed by atoms with van der Waals surface area (Å²) in [6.07, 6.45) is 3.23. The smallest absolute Gasteiger partial charge is 0.134 e. The normalized spacial score (nSPS) is 14.3. The molecule has 1 aliphatic carbocycles. The number of nitrogens with zero attached hydrogens (tertiary/aromatic N) is 2. The highest BCUT2D eigenvalue weighted by Crippen LogP contribution is 2.32. The van der Waals surface area contributed by atoms with Crippen LogP contribution in [-0.4, -0.2) is 16.5 Å². The van der Waals surface area contributed by atoms with Gasteiger partial charge in [0, 0.05) is 24.2 Å².